The van der Waals surface area contributed by atoms with Gasteiger partial charge in [-0.1, -0.05) is 35.9 Å². The molecule has 0 aliphatic rings. The second-order valence-corrected chi connectivity index (χ2v) is 4.88. The van der Waals surface area contributed by atoms with Crippen molar-refractivity contribution in [2.45, 2.75) is 6.10 Å². The molecule has 0 aliphatic heterocycles. The summed E-state index contributed by atoms with van der Waals surface area (Å²) in [4.78, 5) is 2.01. The number of nitrogens with zero attached hydrogens (tertiary/aromatic N) is 1. The van der Waals surface area contributed by atoms with E-state index in [9.17, 15) is 5.11 Å². The number of aliphatic hydroxyl groups is 1. The molecule has 2 aromatic rings. The van der Waals surface area contributed by atoms with Crippen molar-refractivity contribution in [2.75, 3.05) is 19.0 Å². The summed E-state index contributed by atoms with van der Waals surface area (Å²) < 4.78 is 0. The Morgan fingerprint density at radius 3 is 2.22 bits per heavy atom. The van der Waals surface area contributed by atoms with Crippen molar-refractivity contribution in [3.8, 4) is 0 Å². The first-order valence-corrected chi connectivity index (χ1v) is 6.16. The molecule has 3 heteroatoms. The van der Waals surface area contributed by atoms with Gasteiger partial charge in [-0.05, 0) is 35.4 Å². The highest BCUT2D eigenvalue weighted by Crippen LogP contribution is 2.26. The summed E-state index contributed by atoms with van der Waals surface area (Å²) in [5.41, 5.74) is 2.73. The third kappa shape index (κ3) is 2.84. The lowest BCUT2D eigenvalue weighted by atomic mass is 10.0. The van der Waals surface area contributed by atoms with E-state index < -0.39 is 6.10 Å². The predicted octanol–water partition coefficient (Wildman–Crippen LogP) is 3.49. The summed E-state index contributed by atoms with van der Waals surface area (Å²) in [5.74, 6) is 0. The van der Waals surface area contributed by atoms with Crippen molar-refractivity contribution < 1.29 is 5.11 Å². The molecule has 0 aliphatic carbocycles. The number of hydrogen-bond donors (Lipinski definition) is 1. The molecule has 0 spiro atoms. The summed E-state index contributed by atoms with van der Waals surface area (Å²) >= 11 is 5.94. The van der Waals surface area contributed by atoms with Crippen LogP contribution in [0.2, 0.25) is 5.02 Å². The average Bonchev–Trinajstić information content (AvgIpc) is 2.38. The molecule has 0 fully saturated rings. The fourth-order valence-corrected chi connectivity index (χ4v) is 2.04. The van der Waals surface area contributed by atoms with Crippen molar-refractivity contribution in [3.05, 3.63) is 64.7 Å². The minimum absolute atomic E-state index is 0.635. The third-order valence-electron chi connectivity index (χ3n) is 2.87. The SMILES string of the molecule is CN(C)c1cccc(C(O)c2cccc(Cl)c2)c1. The zero-order valence-corrected chi connectivity index (χ0v) is 11.2. The number of hydrogen-bond acceptors (Lipinski definition) is 2. The quantitative estimate of drug-likeness (QED) is 0.914. The monoisotopic (exact) mass is 261 g/mol. The van der Waals surface area contributed by atoms with Crippen LogP contribution in [0.15, 0.2) is 48.5 Å². The Kier molecular flexibility index (Phi) is 3.90. The Bertz CT molecular complexity index is 540. The average molecular weight is 262 g/mol. The predicted molar refractivity (Wildman–Crippen MR) is 76.3 cm³/mol. The van der Waals surface area contributed by atoms with Gasteiger partial charge in [0.1, 0.15) is 6.10 Å². The van der Waals surface area contributed by atoms with Gasteiger partial charge in [0.05, 0.1) is 0 Å². The van der Waals surface area contributed by atoms with Crippen LogP contribution in [0.4, 0.5) is 5.69 Å². The van der Waals surface area contributed by atoms with Crippen molar-refractivity contribution in [3.63, 3.8) is 0 Å². The van der Waals surface area contributed by atoms with Gasteiger partial charge in [0, 0.05) is 24.8 Å². The summed E-state index contributed by atoms with van der Waals surface area (Å²) in [6.45, 7) is 0. The van der Waals surface area contributed by atoms with E-state index in [2.05, 4.69) is 0 Å². The van der Waals surface area contributed by atoms with Gasteiger partial charge in [-0.25, -0.2) is 0 Å². The van der Waals surface area contributed by atoms with Crippen LogP contribution in [0.3, 0.4) is 0 Å². The van der Waals surface area contributed by atoms with E-state index in [4.69, 9.17) is 11.6 Å². The lowest BCUT2D eigenvalue weighted by Crippen LogP contribution is -2.09. The first-order chi connectivity index (χ1) is 8.58. The fourth-order valence-electron chi connectivity index (χ4n) is 1.84. The van der Waals surface area contributed by atoms with E-state index in [1.54, 1.807) is 12.1 Å². The number of anilines is 1. The Morgan fingerprint density at radius 1 is 1.00 bits per heavy atom. The minimum Gasteiger partial charge on any atom is -0.384 e. The Morgan fingerprint density at radius 2 is 1.61 bits per heavy atom. The van der Waals surface area contributed by atoms with Crippen LogP contribution in [0.1, 0.15) is 17.2 Å². The second kappa shape index (κ2) is 5.42. The molecule has 1 unspecified atom stereocenters. The van der Waals surface area contributed by atoms with Crippen molar-refractivity contribution in [1.29, 1.82) is 0 Å². The van der Waals surface area contributed by atoms with Crippen LogP contribution >= 0.6 is 11.6 Å². The molecule has 2 aromatic carbocycles. The highest BCUT2D eigenvalue weighted by atomic mass is 35.5. The van der Waals surface area contributed by atoms with E-state index in [0.717, 1.165) is 16.8 Å². The van der Waals surface area contributed by atoms with Crippen molar-refractivity contribution in [2.24, 2.45) is 0 Å². The topological polar surface area (TPSA) is 23.5 Å². The normalized spacial score (nSPS) is 12.2. The molecule has 2 rings (SSSR count). The van der Waals surface area contributed by atoms with E-state index >= 15 is 0 Å². The van der Waals surface area contributed by atoms with E-state index in [-0.39, 0.29) is 0 Å². The number of benzene rings is 2. The van der Waals surface area contributed by atoms with Crippen LogP contribution in [-0.2, 0) is 0 Å². The van der Waals surface area contributed by atoms with Crippen LogP contribution in [-0.4, -0.2) is 19.2 Å². The van der Waals surface area contributed by atoms with Crippen molar-refractivity contribution in [1.82, 2.24) is 0 Å². The molecular formula is C15H16ClNO. The zero-order valence-electron chi connectivity index (χ0n) is 10.5. The molecule has 94 valence electrons. The van der Waals surface area contributed by atoms with Crippen molar-refractivity contribution >= 4 is 17.3 Å². The lowest BCUT2D eigenvalue weighted by Gasteiger charge is -2.16. The molecule has 0 amide bonds. The number of rotatable bonds is 3. The highest BCUT2D eigenvalue weighted by Gasteiger charge is 2.11. The molecule has 0 saturated carbocycles. The molecule has 18 heavy (non-hydrogen) atoms. The number of halogens is 1. The largest absolute Gasteiger partial charge is 0.384 e. The first kappa shape index (κ1) is 12.9. The number of aliphatic hydroxyl groups excluding tert-OH is 1. The third-order valence-corrected chi connectivity index (χ3v) is 3.10. The first-order valence-electron chi connectivity index (χ1n) is 5.79. The molecule has 0 radical (unpaired) electrons. The van der Waals surface area contributed by atoms with Gasteiger partial charge in [0.2, 0.25) is 0 Å². The molecule has 1 atom stereocenters. The minimum atomic E-state index is -0.649. The van der Waals surface area contributed by atoms with Crippen LogP contribution < -0.4 is 4.90 Å². The molecule has 0 aromatic heterocycles. The van der Waals surface area contributed by atoms with E-state index in [1.807, 2.05) is 55.4 Å². The maximum absolute atomic E-state index is 10.3. The maximum atomic E-state index is 10.3. The summed E-state index contributed by atoms with van der Waals surface area (Å²) in [5, 5.41) is 11.0. The van der Waals surface area contributed by atoms with E-state index in [0.29, 0.717) is 5.02 Å². The molecule has 2 nitrogen and oxygen atoms in total. The molecular weight excluding hydrogens is 246 g/mol. The Labute approximate surface area is 112 Å². The van der Waals surface area contributed by atoms with Crippen LogP contribution in [0, 0.1) is 0 Å². The smallest absolute Gasteiger partial charge is 0.104 e. The molecule has 0 saturated heterocycles. The van der Waals surface area contributed by atoms with Gasteiger partial charge in [-0.3, -0.25) is 0 Å². The van der Waals surface area contributed by atoms with Gasteiger partial charge in [0.25, 0.3) is 0 Å². The van der Waals surface area contributed by atoms with Gasteiger partial charge in [-0.2, -0.15) is 0 Å². The zero-order chi connectivity index (χ0) is 13.1. The highest BCUT2D eigenvalue weighted by molar-refractivity contribution is 6.30. The van der Waals surface area contributed by atoms with Gasteiger partial charge in [0.15, 0.2) is 0 Å². The van der Waals surface area contributed by atoms with Gasteiger partial charge >= 0.3 is 0 Å². The van der Waals surface area contributed by atoms with Crippen LogP contribution in [0.25, 0.3) is 0 Å². The second-order valence-electron chi connectivity index (χ2n) is 4.45. The van der Waals surface area contributed by atoms with Gasteiger partial charge < -0.3 is 10.0 Å². The summed E-state index contributed by atoms with van der Waals surface area (Å²) in [6, 6.07) is 15.1. The molecule has 1 N–H and O–H groups in total. The molecule has 0 heterocycles. The van der Waals surface area contributed by atoms with Gasteiger partial charge in [-0.15, -0.1) is 0 Å². The standard InChI is InChI=1S/C15H16ClNO/c1-17(2)14-8-4-6-12(10-14)15(18)11-5-3-7-13(16)9-11/h3-10,15,18H,1-2H3. The van der Waals surface area contributed by atoms with Crippen LogP contribution in [0.5, 0.6) is 0 Å². The van der Waals surface area contributed by atoms with E-state index in [1.165, 1.54) is 0 Å². The maximum Gasteiger partial charge on any atom is 0.104 e. The Balaban J connectivity index is 2.33. The summed E-state index contributed by atoms with van der Waals surface area (Å²) in [6.07, 6.45) is -0.649. The summed E-state index contributed by atoms with van der Waals surface area (Å²) in [7, 11) is 3.95. The molecule has 0 bridgehead atoms. The Hall–Kier alpha value is -1.51. The fraction of sp³-hybridized carbons (Fsp3) is 0.200. The lowest BCUT2D eigenvalue weighted by molar-refractivity contribution is 0.220.